The zero-order chi connectivity index (χ0) is 19.9. The van der Waals surface area contributed by atoms with Crippen molar-refractivity contribution in [2.75, 3.05) is 24.5 Å². The zero-order valence-electron chi connectivity index (χ0n) is 16.3. The highest BCUT2D eigenvalue weighted by Crippen LogP contribution is 2.25. The summed E-state index contributed by atoms with van der Waals surface area (Å²) in [5.41, 5.74) is 6.78. The first-order valence-electron chi connectivity index (χ1n) is 9.36. The molecule has 3 rings (SSSR count). The number of anilines is 1. The van der Waals surface area contributed by atoms with Crippen molar-refractivity contribution in [2.24, 2.45) is 10.7 Å². The standard InChI is InChI=1S/C20H25ClN6O.HI/c1-2-23-20(25-12-14-5-7-15(8-6-14)18(22)28)26-16-9-11-27(13-16)19-17(21)4-3-10-24-19;/h3-8,10,16H,2,9,11-13H2,1H3,(H2,22,28)(H2,23,25,26);1H. The Hall–Kier alpha value is -2.07. The first-order valence-corrected chi connectivity index (χ1v) is 9.73. The van der Waals surface area contributed by atoms with Crippen molar-refractivity contribution in [3.05, 3.63) is 58.7 Å². The fourth-order valence-corrected chi connectivity index (χ4v) is 3.38. The molecule has 9 heteroatoms. The van der Waals surface area contributed by atoms with E-state index in [1.807, 2.05) is 31.2 Å². The van der Waals surface area contributed by atoms with E-state index >= 15 is 0 Å². The predicted molar refractivity (Wildman–Crippen MR) is 128 cm³/mol. The fourth-order valence-electron chi connectivity index (χ4n) is 3.14. The van der Waals surface area contributed by atoms with E-state index in [9.17, 15) is 4.79 Å². The number of halogens is 2. The number of carbonyl (C=O) groups is 1. The van der Waals surface area contributed by atoms with Gasteiger partial charge in [0.2, 0.25) is 5.91 Å². The van der Waals surface area contributed by atoms with Crippen molar-refractivity contribution < 1.29 is 4.79 Å². The van der Waals surface area contributed by atoms with E-state index in [1.165, 1.54) is 0 Å². The van der Waals surface area contributed by atoms with Gasteiger partial charge in [-0.1, -0.05) is 23.7 Å². The predicted octanol–water partition coefficient (Wildman–Crippen LogP) is 2.79. The van der Waals surface area contributed by atoms with E-state index in [1.54, 1.807) is 18.3 Å². The second kappa shape index (κ2) is 11.2. The number of nitrogens with two attached hydrogens (primary N) is 1. The molecule has 1 atom stereocenters. The van der Waals surface area contributed by atoms with Gasteiger partial charge in [0.15, 0.2) is 5.96 Å². The number of primary amides is 1. The van der Waals surface area contributed by atoms with E-state index < -0.39 is 5.91 Å². The van der Waals surface area contributed by atoms with Gasteiger partial charge in [0.25, 0.3) is 0 Å². The van der Waals surface area contributed by atoms with Gasteiger partial charge in [0.05, 0.1) is 11.6 Å². The van der Waals surface area contributed by atoms with E-state index in [2.05, 4.69) is 25.5 Å². The van der Waals surface area contributed by atoms with Gasteiger partial charge in [-0.25, -0.2) is 9.98 Å². The van der Waals surface area contributed by atoms with Crippen molar-refractivity contribution in [3.63, 3.8) is 0 Å². The summed E-state index contributed by atoms with van der Waals surface area (Å²) in [6.07, 6.45) is 2.74. The lowest BCUT2D eigenvalue weighted by molar-refractivity contribution is 0.100. The largest absolute Gasteiger partial charge is 0.366 e. The van der Waals surface area contributed by atoms with Crippen LogP contribution in [-0.4, -0.2) is 42.5 Å². The van der Waals surface area contributed by atoms with Crippen LogP contribution in [0.1, 0.15) is 29.3 Å². The smallest absolute Gasteiger partial charge is 0.248 e. The molecule has 1 fully saturated rings. The molecule has 1 saturated heterocycles. The van der Waals surface area contributed by atoms with Gasteiger partial charge in [0.1, 0.15) is 5.82 Å². The van der Waals surface area contributed by atoms with Gasteiger partial charge in [-0.2, -0.15) is 0 Å². The molecule has 0 spiro atoms. The summed E-state index contributed by atoms with van der Waals surface area (Å²) < 4.78 is 0. The molecule has 0 saturated carbocycles. The third-order valence-electron chi connectivity index (χ3n) is 4.57. The van der Waals surface area contributed by atoms with Gasteiger partial charge < -0.3 is 21.3 Å². The second-order valence-corrected chi connectivity index (χ2v) is 7.05. The molecule has 1 amide bonds. The molecular weight excluding hydrogens is 503 g/mol. The van der Waals surface area contributed by atoms with Crippen molar-refractivity contribution in [1.82, 2.24) is 15.6 Å². The average molecular weight is 529 g/mol. The Kier molecular flexibility index (Phi) is 8.97. The summed E-state index contributed by atoms with van der Waals surface area (Å²) in [4.78, 5) is 22.4. The van der Waals surface area contributed by atoms with Gasteiger partial charge >= 0.3 is 0 Å². The number of nitrogens with one attached hydrogen (secondary N) is 2. The Bertz CT molecular complexity index is 845. The number of carbonyl (C=O) groups excluding carboxylic acids is 1. The lowest BCUT2D eigenvalue weighted by Gasteiger charge is -2.20. The lowest BCUT2D eigenvalue weighted by atomic mass is 10.1. The maximum Gasteiger partial charge on any atom is 0.248 e. The Morgan fingerprint density at radius 2 is 2.10 bits per heavy atom. The average Bonchev–Trinajstić information content (AvgIpc) is 3.15. The topological polar surface area (TPSA) is 95.6 Å². The highest BCUT2D eigenvalue weighted by Gasteiger charge is 2.25. The SMILES string of the molecule is CCNC(=NCc1ccc(C(N)=O)cc1)NC1CCN(c2ncccc2Cl)C1.I. The third kappa shape index (κ3) is 6.46. The van der Waals surface area contributed by atoms with Crippen molar-refractivity contribution in [2.45, 2.75) is 25.9 Å². The zero-order valence-corrected chi connectivity index (χ0v) is 19.4. The molecule has 156 valence electrons. The summed E-state index contributed by atoms with van der Waals surface area (Å²) in [6.45, 7) is 5.02. The summed E-state index contributed by atoms with van der Waals surface area (Å²) in [7, 11) is 0. The molecule has 1 aliphatic heterocycles. The van der Waals surface area contributed by atoms with E-state index in [0.717, 1.165) is 43.4 Å². The highest BCUT2D eigenvalue weighted by atomic mass is 127. The number of hydrogen-bond donors (Lipinski definition) is 3. The van der Waals surface area contributed by atoms with Crippen LogP contribution in [0.15, 0.2) is 47.6 Å². The molecule has 1 aliphatic rings. The van der Waals surface area contributed by atoms with Crippen molar-refractivity contribution >= 4 is 53.3 Å². The molecule has 1 aromatic heterocycles. The van der Waals surface area contributed by atoms with E-state index in [-0.39, 0.29) is 30.0 Å². The molecule has 1 unspecified atom stereocenters. The third-order valence-corrected chi connectivity index (χ3v) is 4.87. The summed E-state index contributed by atoms with van der Waals surface area (Å²) in [5.74, 6) is 1.16. The highest BCUT2D eigenvalue weighted by molar-refractivity contribution is 14.0. The number of aliphatic imine (C=N–C) groups is 1. The van der Waals surface area contributed by atoms with Crippen LogP contribution in [0, 0.1) is 0 Å². The second-order valence-electron chi connectivity index (χ2n) is 6.64. The molecular formula is C20H26ClIN6O. The van der Waals surface area contributed by atoms with Crippen LogP contribution >= 0.6 is 35.6 Å². The first-order chi connectivity index (χ1) is 13.6. The van der Waals surface area contributed by atoms with E-state index in [4.69, 9.17) is 17.3 Å². The quantitative estimate of drug-likeness (QED) is 0.304. The molecule has 0 bridgehead atoms. The van der Waals surface area contributed by atoms with Crippen LogP contribution < -0.4 is 21.3 Å². The minimum atomic E-state index is -0.427. The molecule has 7 nitrogen and oxygen atoms in total. The molecule has 2 heterocycles. The fraction of sp³-hybridized carbons (Fsp3) is 0.350. The summed E-state index contributed by atoms with van der Waals surface area (Å²) in [6, 6.07) is 11.1. The number of aromatic nitrogens is 1. The van der Waals surface area contributed by atoms with Crippen LogP contribution in [0.2, 0.25) is 5.02 Å². The monoisotopic (exact) mass is 528 g/mol. The molecule has 4 N–H and O–H groups in total. The number of nitrogens with zero attached hydrogens (tertiary/aromatic N) is 3. The number of benzene rings is 1. The van der Waals surface area contributed by atoms with Crippen LogP contribution in [0.3, 0.4) is 0 Å². The number of guanidine groups is 1. The first kappa shape index (κ1) is 23.2. The number of rotatable bonds is 6. The molecule has 0 radical (unpaired) electrons. The Morgan fingerprint density at radius 3 is 2.76 bits per heavy atom. The molecule has 2 aromatic rings. The van der Waals surface area contributed by atoms with Crippen molar-refractivity contribution in [3.8, 4) is 0 Å². The Labute approximate surface area is 193 Å². The summed E-state index contributed by atoms with van der Waals surface area (Å²) in [5, 5.41) is 7.44. The lowest BCUT2D eigenvalue weighted by Crippen LogP contribution is -2.44. The normalized spacial score (nSPS) is 16.3. The number of amides is 1. The van der Waals surface area contributed by atoms with Crippen LogP contribution in [0.5, 0.6) is 0 Å². The molecule has 1 aromatic carbocycles. The maximum atomic E-state index is 11.2. The van der Waals surface area contributed by atoms with Crippen LogP contribution in [-0.2, 0) is 6.54 Å². The van der Waals surface area contributed by atoms with Crippen LogP contribution in [0.4, 0.5) is 5.82 Å². The van der Waals surface area contributed by atoms with Gasteiger partial charge in [-0.3, -0.25) is 4.79 Å². The Balaban J connectivity index is 0.00000300. The number of hydrogen-bond acceptors (Lipinski definition) is 4. The molecule has 0 aliphatic carbocycles. The van der Waals surface area contributed by atoms with Crippen molar-refractivity contribution in [1.29, 1.82) is 0 Å². The van der Waals surface area contributed by atoms with Gasteiger partial charge in [0, 0.05) is 37.4 Å². The van der Waals surface area contributed by atoms with Crippen LogP contribution in [0.25, 0.3) is 0 Å². The van der Waals surface area contributed by atoms with Gasteiger partial charge in [-0.15, -0.1) is 24.0 Å². The van der Waals surface area contributed by atoms with Gasteiger partial charge in [-0.05, 0) is 43.2 Å². The maximum absolute atomic E-state index is 11.2. The minimum absolute atomic E-state index is 0. The number of pyridine rings is 1. The minimum Gasteiger partial charge on any atom is -0.366 e. The summed E-state index contributed by atoms with van der Waals surface area (Å²) >= 11 is 6.27. The molecule has 29 heavy (non-hydrogen) atoms. The van der Waals surface area contributed by atoms with E-state index in [0.29, 0.717) is 17.1 Å². The Morgan fingerprint density at radius 1 is 1.34 bits per heavy atom.